The summed E-state index contributed by atoms with van der Waals surface area (Å²) < 4.78 is 10.3. The molecule has 0 aromatic heterocycles. The van der Waals surface area contributed by atoms with Crippen molar-refractivity contribution in [1.29, 1.82) is 0 Å². The third kappa shape index (κ3) is 7.90. The number of hydrogen-bond donors (Lipinski definition) is 3. The Morgan fingerprint density at radius 3 is 2.61 bits per heavy atom. The number of nitrogens with one attached hydrogen (secondary N) is 3. The first kappa shape index (κ1) is 23.6. The van der Waals surface area contributed by atoms with Gasteiger partial charge in [-0.25, -0.2) is 5.43 Å². The van der Waals surface area contributed by atoms with Crippen molar-refractivity contribution >= 4 is 29.6 Å². The maximum atomic E-state index is 12.2. The lowest BCUT2D eigenvalue weighted by atomic mass is 10.1. The number of carbonyl (C=O) groups excluding carboxylic acids is 3. The molecule has 0 bridgehead atoms. The van der Waals surface area contributed by atoms with Crippen molar-refractivity contribution in [2.45, 2.75) is 13.8 Å². The lowest BCUT2D eigenvalue weighted by molar-refractivity contribution is -0.139. The molecule has 0 aliphatic carbocycles. The molecule has 0 saturated carbocycles. The van der Waals surface area contributed by atoms with Gasteiger partial charge in [-0.05, 0) is 48.7 Å². The smallest absolute Gasteiger partial charge is 0.329 e. The highest BCUT2D eigenvalue weighted by molar-refractivity contribution is 6.35. The van der Waals surface area contributed by atoms with E-state index in [4.69, 9.17) is 9.47 Å². The van der Waals surface area contributed by atoms with Crippen molar-refractivity contribution < 1.29 is 23.9 Å². The number of hydrazone groups is 1. The van der Waals surface area contributed by atoms with Crippen molar-refractivity contribution in [3.63, 3.8) is 0 Å². The molecular formula is C22H26N4O5. The maximum absolute atomic E-state index is 12.2. The third-order valence-corrected chi connectivity index (χ3v) is 4.28. The minimum Gasteiger partial charge on any atom is -0.484 e. The number of amides is 3. The number of hydrogen-bond acceptors (Lipinski definition) is 6. The normalized spacial score (nSPS) is 10.5. The summed E-state index contributed by atoms with van der Waals surface area (Å²) in [5.41, 5.74) is 5.59. The minimum atomic E-state index is -0.886. The van der Waals surface area contributed by atoms with E-state index >= 15 is 0 Å². The molecule has 2 rings (SSSR count). The SMILES string of the molecule is COCCNC(=O)C(=O)N/N=C\c1cccc(OCC(=O)Nc2cccc(C)c2C)c1. The van der Waals surface area contributed by atoms with Gasteiger partial charge in [0.2, 0.25) is 0 Å². The van der Waals surface area contributed by atoms with Crippen LogP contribution in [0.5, 0.6) is 5.75 Å². The summed E-state index contributed by atoms with van der Waals surface area (Å²) in [4.78, 5) is 35.3. The van der Waals surface area contributed by atoms with E-state index in [1.54, 1.807) is 24.3 Å². The lowest BCUT2D eigenvalue weighted by Gasteiger charge is -2.11. The molecule has 9 heteroatoms. The van der Waals surface area contributed by atoms with Gasteiger partial charge in [-0.1, -0.05) is 24.3 Å². The molecule has 3 amide bonds. The standard InChI is InChI=1S/C22H26N4O5/c1-15-6-4-9-19(16(15)2)25-20(27)14-31-18-8-5-7-17(12-18)13-24-26-22(29)21(28)23-10-11-30-3/h4-9,12-13H,10-11,14H2,1-3H3,(H,23,28)(H,25,27)(H,26,29)/b24-13-. The van der Waals surface area contributed by atoms with Crippen LogP contribution in [0, 0.1) is 13.8 Å². The molecule has 0 spiro atoms. The Morgan fingerprint density at radius 1 is 1.06 bits per heavy atom. The predicted octanol–water partition coefficient (Wildman–Crippen LogP) is 1.53. The van der Waals surface area contributed by atoms with Gasteiger partial charge in [0.25, 0.3) is 5.91 Å². The summed E-state index contributed by atoms with van der Waals surface area (Å²) in [5.74, 6) is -1.51. The van der Waals surface area contributed by atoms with E-state index < -0.39 is 11.8 Å². The second-order valence-electron chi connectivity index (χ2n) is 6.60. The monoisotopic (exact) mass is 426 g/mol. The molecule has 164 valence electrons. The Morgan fingerprint density at radius 2 is 1.84 bits per heavy atom. The van der Waals surface area contributed by atoms with E-state index in [-0.39, 0.29) is 19.1 Å². The second kappa shape index (κ2) is 12.1. The van der Waals surface area contributed by atoms with Crippen LogP contribution in [0.25, 0.3) is 0 Å². The van der Waals surface area contributed by atoms with E-state index in [0.717, 1.165) is 16.8 Å². The summed E-state index contributed by atoms with van der Waals surface area (Å²) >= 11 is 0. The number of benzene rings is 2. The van der Waals surface area contributed by atoms with Gasteiger partial charge in [-0.2, -0.15) is 5.10 Å². The summed E-state index contributed by atoms with van der Waals surface area (Å²) in [6.07, 6.45) is 1.36. The zero-order chi connectivity index (χ0) is 22.6. The molecular weight excluding hydrogens is 400 g/mol. The summed E-state index contributed by atoms with van der Waals surface area (Å²) in [5, 5.41) is 8.96. The molecule has 3 N–H and O–H groups in total. The molecule has 0 aliphatic heterocycles. The molecule has 0 radical (unpaired) electrons. The topological polar surface area (TPSA) is 118 Å². The van der Waals surface area contributed by atoms with Gasteiger partial charge < -0.3 is 20.1 Å². The number of rotatable bonds is 9. The number of aryl methyl sites for hydroxylation is 1. The zero-order valence-electron chi connectivity index (χ0n) is 17.7. The van der Waals surface area contributed by atoms with Gasteiger partial charge >= 0.3 is 11.8 Å². The number of carbonyl (C=O) groups is 3. The molecule has 0 saturated heterocycles. The van der Waals surface area contributed by atoms with Gasteiger partial charge in [0, 0.05) is 19.3 Å². The molecule has 2 aromatic carbocycles. The molecule has 2 aromatic rings. The third-order valence-electron chi connectivity index (χ3n) is 4.28. The number of methoxy groups -OCH3 is 1. The Hall–Kier alpha value is -3.72. The largest absolute Gasteiger partial charge is 0.484 e. The fraction of sp³-hybridized carbons (Fsp3) is 0.273. The van der Waals surface area contributed by atoms with Crippen LogP contribution in [0.4, 0.5) is 5.69 Å². The Labute approximate surface area is 180 Å². The van der Waals surface area contributed by atoms with Crippen molar-refractivity contribution in [2.24, 2.45) is 5.10 Å². The van der Waals surface area contributed by atoms with Crippen LogP contribution in [-0.2, 0) is 19.1 Å². The van der Waals surface area contributed by atoms with Gasteiger partial charge in [0.15, 0.2) is 6.61 Å². The maximum Gasteiger partial charge on any atom is 0.329 e. The quantitative estimate of drug-likeness (QED) is 0.243. The Balaban J connectivity index is 1.84. The molecule has 0 fully saturated rings. The van der Waals surface area contributed by atoms with Crippen LogP contribution in [0.2, 0.25) is 0 Å². The average Bonchev–Trinajstić information content (AvgIpc) is 2.76. The second-order valence-corrected chi connectivity index (χ2v) is 6.60. The van der Waals surface area contributed by atoms with Crippen LogP contribution < -0.4 is 20.8 Å². The summed E-state index contributed by atoms with van der Waals surface area (Å²) in [6.45, 7) is 4.29. The van der Waals surface area contributed by atoms with Crippen molar-refractivity contribution in [3.05, 3.63) is 59.2 Å². The first-order chi connectivity index (χ1) is 14.9. The first-order valence-electron chi connectivity index (χ1n) is 9.60. The van der Waals surface area contributed by atoms with E-state index in [9.17, 15) is 14.4 Å². The van der Waals surface area contributed by atoms with Crippen molar-refractivity contribution in [2.75, 3.05) is 32.2 Å². The van der Waals surface area contributed by atoms with Crippen LogP contribution in [0.15, 0.2) is 47.6 Å². The average molecular weight is 426 g/mol. The van der Waals surface area contributed by atoms with Gasteiger partial charge in [-0.3, -0.25) is 14.4 Å². The molecule has 31 heavy (non-hydrogen) atoms. The highest BCUT2D eigenvalue weighted by Gasteiger charge is 2.11. The first-order valence-corrected chi connectivity index (χ1v) is 9.60. The lowest BCUT2D eigenvalue weighted by Crippen LogP contribution is -2.39. The molecule has 9 nitrogen and oxygen atoms in total. The van der Waals surface area contributed by atoms with Crippen LogP contribution in [-0.4, -0.2) is 50.8 Å². The fourth-order valence-corrected chi connectivity index (χ4v) is 2.47. The zero-order valence-corrected chi connectivity index (χ0v) is 17.7. The van der Waals surface area contributed by atoms with E-state index in [0.29, 0.717) is 17.9 Å². The molecule has 0 atom stereocenters. The van der Waals surface area contributed by atoms with Crippen LogP contribution in [0.3, 0.4) is 0 Å². The molecule has 0 aliphatic rings. The Kier molecular flexibility index (Phi) is 9.18. The van der Waals surface area contributed by atoms with E-state index in [1.807, 2.05) is 32.0 Å². The van der Waals surface area contributed by atoms with Gasteiger partial charge in [0.05, 0.1) is 12.8 Å². The summed E-state index contributed by atoms with van der Waals surface area (Å²) in [7, 11) is 1.49. The van der Waals surface area contributed by atoms with Crippen molar-refractivity contribution in [1.82, 2.24) is 10.7 Å². The molecule has 0 heterocycles. The Bertz CT molecular complexity index is 959. The summed E-state index contributed by atoms with van der Waals surface area (Å²) in [6, 6.07) is 12.5. The van der Waals surface area contributed by atoms with Crippen molar-refractivity contribution in [3.8, 4) is 5.75 Å². The van der Waals surface area contributed by atoms with E-state index in [1.165, 1.54) is 13.3 Å². The molecule has 0 unspecified atom stereocenters. The van der Waals surface area contributed by atoms with Gasteiger partial charge in [0.1, 0.15) is 5.75 Å². The fourth-order valence-electron chi connectivity index (χ4n) is 2.47. The van der Waals surface area contributed by atoms with Crippen LogP contribution in [0.1, 0.15) is 16.7 Å². The van der Waals surface area contributed by atoms with E-state index in [2.05, 4.69) is 21.2 Å². The predicted molar refractivity (Wildman–Crippen MR) is 117 cm³/mol. The highest BCUT2D eigenvalue weighted by Crippen LogP contribution is 2.18. The number of anilines is 1. The highest BCUT2D eigenvalue weighted by atomic mass is 16.5. The van der Waals surface area contributed by atoms with Gasteiger partial charge in [-0.15, -0.1) is 0 Å². The number of nitrogens with zero attached hydrogens (tertiary/aromatic N) is 1. The van der Waals surface area contributed by atoms with Crippen LogP contribution >= 0.6 is 0 Å². The minimum absolute atomic E-state index is 0.160. The number of ether oxygens (including phenoxy) is 2.